The van der Waals surface area contributed by atoms with Gasteiger partial charge in [-0.2, -0.15) is 0 Å². The van der Waals surface area contributed by atoms with Gasteiger partial charge >= 0.3 is 0 Å². The van der Waals surface area contributed by atoms with Crippen LogP contribution in [-0.2, 0) is 16.1 Å². The smallest absolute Gasteiger partial charge is 0.259 e. The summed E-state index contributed by atoms with van der Waals surface area (Å²) in [7, 11) is 0. The zero-order valence-corrected chi connectivity index (χ0v) is 10.7. The molecule has 1 aromatic rings. The van der Waals surface area contributed by atoms with Crippen LogP contribution in [0.15, 0.2) is 43.0 Å². The molecule has 1 saturated carbocycles. The largest absolute Gasteiger partial charge is 0.377 e. The van der Waals surface area contributed by atoms with E-state index in [2.05, 4.69) is 6.58 Å². The Labute approximate surface area is 112 Å². The fraction of sp³-hybridized carbons (Fsp3) is 0.467. The fourth-order valence-corrected chi connectivity index (χ4v) is 2.07. The highest BCUT2D eigenvalue weighted by Gasteiger charge is 2.67. The van der Waals surface area contributed by atoms with Gasteiger partial charge in [0.2, 0.25) is 0 Å². The highest BCUT2D eigenvalue weighted by molar-refractivity contribution is 5.13. The molecule has 1 fully saturated rings. The molecule has 1 aliphatic rings. The minimum absolute atomic E-state index is 0.0678. The second kappa shape index (κ2) is 6.26. The van der Waals surface area contributed by atoms with Gasteiger partial charge in [0.05, 0.1) is 38.3 Å². The molecule has 1 aliphatic carbocycles. The summed E-state index contributed by atoms with van der Waals surface area (Å²) in [5, 5.41) is 0. The maximum atomic E-state index is 13.4. The first-order chi connectivity index (χ1) is 9.16. The topological polar surface area (TPSA) is 18.5 Å². The molecular weight excluding hydrogens is 250 g/mol. The van der Waals surface area contributed by atoms with Crippen LogP contribution in [0.5, 0.6) is 0 Å². The van der Waals surface area contributed by atoms with Crippen LogP contribution in [0, 0.1) is 11.8 Å². The summed E-state index contributed by atoms with van der Waals surface area (Å²) in [6, 6.07) is 9.53. The second-order valence-electron chi connectivity index (χ2n) is 4.71. The van der Waals surface area contributed by atoms with Crippen molar-refractivity contribution in [3.8, 4) is 0 Å². The lowest BCUT2D eigenvalue weighted by Gasteiger charge is -2.03. The highest BCUT2D eigenvalue weighted by Crippen LogP contribution is 2.55. The van der Waals surface area contributed by atoms with Crippen LogP contribution in [0.3, 0.4) is 0 Å². The predicted octanol–water partition coefficient (Wildman–Crippen LogP) is 3.29. The van der Waals surface area contributed by atoms with Gasteiger partial charge in [0.1, 0.15) is 0 Å². The molecular formula is C15H18F2O2. The van der Waals surface area contributed by atoms with Gasteiger partial charge in [-0.15, -0.1) is 6.58 Å². The minimum Gasteiger partial charge on any atom is -0.377 e. The third-order valence-electron chi connectivity index (χ3n) is 3.31. The van der Waals surface area contributed by atoms with E-state index in [9.17, 15) is 8.78 Å². The van der Waals surface area contributed by atoms with Crippen LogP contribution in [0.1, 0.15) is 5.56 Å². The second-order valence-corrected chi connectivity index (χ2v) is 4.71. The van der Waals surface area contributed by atoms with E-state index in [1.54, 1.807) is 6.08 Å². The Hall–Kier alpha value is -1.26. The molecule has 0 saturated heterocycles. The summed E-state index contributed by atoms with van der Waals surface area (Å²) in [6.45, 7) is 4.30. The van der Waals surface area contributed by atoms with E-state index >= 15 is 0 Å². The maximum Gasteiger partial charge on any atom is 0.259 e. The van der Waals surface area contributed by atoms with Crippen molar-refractivity contribution in [2.24, 2.45) is 11.8 Å². The molecule has 0 radical (unpaired) electrons. The lowest BCUT2D eigenvalue weighted by Crippen LogP contribution is -2.03. The lowest BCUT2D eigenvalue weighted by molar-refractivity contribution is 0.0397. The standard InChI is InChI=1S/C15H18F2O2/c1-2-8-18-10-13-14(15(13,16)17)11-19-9-12-6-4-3-5-7-12/h2-7,13-14H,1,8-11H2/t13-,14-/m1/s1. The number of rotatable bonds is 8. The first-order valence-corrected chi connectivity index (χ1v) is 6.34. The van der Waals surface area contributed by atoms with E-state index in [0.717, 1.165) is 5.56 Å². The first kappa shape index (κ1) is 14.2. The zero-order valence-electron chi connectivity index (χ0n) is 10.7. The molecule has 2 atom stereocenters. The van der Waals surface area contributed by atoms with Crippen molar-refractivity contribution in [1.82, 2.24) is 0 Å². The molecule has 0 unspecified atom stereocenters. The van der Waals surface area contributed by atoms with Crippen molar-refractivity contribution >= 4 is 0 Å². The number of benzene rings is 1. The van der Waals surface area contributed by atoms with Crippen molar-refractivity contribution < 1.29 is 18.3 Å². The molecule has 0 heterocycles. The van der Waals surface area contributed by atoms with E-state index in [0.29, 0.717) is 13.2 Å². The number of ether oxygens (including phenoxy) is 2. The molecule has 0 N–H and O–H groups in total. The van der Waals surface area contributed by atoms with Gasteiger partial charge in [-0.25, -0.2) is 8.78 Å². The van der Waals surface area contributed by atoms with Crippen LogP contribution in [0.25, 0.3) is 0 Å². The number of halogens is 2. The van der Waals surface area contributed by atoms with E-state index < -0.39 is 17.8 Å². The zero-order chi connectivity index (χ0) is 13.7. The van der Waals surface area contributed by atoms with Crippen LogP contribution in [0.4, 0.5) is 8.78 Å². The fourth-order valence-electron chi connectivity index (χ4n) is 2.07. The van der Waals surface area contributed by atoms with Gasteiger partial charge in [-0.3, -0.25) is 0 Å². The molecule has 2 rings (SSSR count). The van der Waals surface area contributed by atoms with Crippen LogP contribution in [0.2, 0.25) is 0 Å². The van der Waals surface area contributed by atoms with Crippen LogP contribution < -0.4 is 0 Å². The Bertz CT molecular complexity index is 406. The number of hydrogen-bond acceptors (Lipinski definition) is 2. The van der Waals surface area contributed by atoms with Crippen LogP contribution >= 0.6 is 0 Å². The van der Waals surface area contributed by atoms with Gasteiger partial charge in [-0.1, -0.05) is 36.4 Å². The summed E-state index contributed by atoms with van der Waals surface area (Å²) in [6.07, 6.45) is 1.56. The van der Waals surface area contributed by atoms with E-state index in [-0.39, 0.29) is 13.2 Å². The van der Waals surface area contributed by atoms with Crippen molar-refractivity contribution in [1.29, 1.82) is 0 Å². The quantitative estimate of drug-likeness (QED) is 0.532. The molecule has 19 heavy (non-hydrogen) atoms. The van der Waals surface area contributed by atoms with Gasteiger partial charge in [-0.05, 0) is 5.56 Å². The lowest BCUT2D eigenvalue weighted by atomic mass is 10.2. The molecule has 4 heteroatoms. The molecule has 0 bridgehead atoms. The Balaban J connectivity index is 1.70. The Morgan fingerprint density at radius 3 is 2.37 bits per heavy atom. The van der Waals surface area contributed by atoms with Gasteiger partial charge in [0.25, 0.3) is 5.92 Å². The highest BCUT2D eigenvalue weighted by atomic mass is 19.3. The summed E-state index contributed by atoms with van der Waals surface area (Å²) in [4.78, 5) is 0. The molecule has 0 aliphatic heterocycles. The van der Waals surface area contributed by atoms with E-state index in [4.69, 9.17) is 9.47 Å². The molecule has 0 aromatic heterocycles. The van der Waals surface area contributed by atoms with Crippen molar-refractivity contribution in [2.75, 3.05) is 19.8 Å². The van der Waals surface area contributed by atoms with Crippen molar-refractivity contribution in [2.45, 2.75) is 12.5 Å². The number of alkyl halides is 2. The SMILES string of the molecule is C=CCOC[C@@H]1[C@@H](COCc2ccccc2)C1(F)F. The van der Waals surface area contributed by atoms with Crippen molar-refractivity contribution in [3.05, 3.63) is 48.6 Å². The normalized spacial score (nSPS) is 24.1. The average molecular weight is 268 g/mol. The van der Waals surface area contributed by atoms with E-state index in [1.807, 2.05) is 30.3 Å². The summed E-state index contributed by atoms with van der Waals surface area (Å²) >= 11 is 0. The monoisotopic (exact) mass is 268 g/mol. The summed E-state index contributed by atoms with van der Waals surface area (Å²) in [5.74, 6) is -4.10. The van der Waals surface area contributed by atoms with Crippen LogP contribution in [-0.4, -0.2) is 25.7 Å². The molecule has 0 spiro atoms. The molecule has 2 nitrogen and oxygen atoms in total. The molecule has 1 aromatic carbocycles. The summed E-state index contributed by atoms with van der Waals surface area (Å²) < 4.78 is 37.3. The van der Waals surface area contributed by atoms with Crippen molar-refractivity contribution in [3.63, 3.8) is 0 Å². The first-order valence-electron chi connectivity index (χ1n) is 6.34. The third kappa shape index (κ3) is 3.61. The number of hydrogen-bond donors (Lipinski definition) is 0. The average Bonchev–Trinajstić information content (AvgIpc) is 2.92. The third-order valence-corrected chi connectivity index (χ3v) is 3.31. The molecule has 104 valence electrons. The van der Waals surface area contributed by atoms with Gasteiger partial charge in [0.15, 0.2) is 0 Å². The van der Waals surface area contributed by atoms with E-state index in [1.165, 1.54) is 0 Å². The maximum absolute atomic E-state index is 13.4. The van der Waals surface area contributed by atoms with Gasteiger partial charge in [0, 0.05) is 0 Å². The summed E-state index contributed by atoms with van der Waals surface area (Å²) in [5.41, 5.74) is 0.992. The minimum atomic E-state index is -2.65. The van der Waals surface area contributed by atoms with Gasteiger partial charge < -0.3 is 9.47 Å². The predicted molar refractivity (Wildman–Crippen MR) is 69.0 cm³/mol. The molecule has 0 amide bonds. The Morgan fingerprint density at radius 2 is 1.74 bits per heavy atom. The Kier molecular flexibility index (Phi) is 4.66. The Morgan fingerprint density at radius 1 is 1.11 bits per heavy atom.